The van der Waals surface area contributed by atoms with Gasteiger partial charge in [-0.05, 0) is 18.3 Å². The molecular formula is C9H17N. The first-order valence-electron chi connectivity index (χ1n) is 3.79. The number of rotatable bonds is 3. The molecule has 0 fully saturated rings. The molecule has 0 spiro atoms. The Labute approximate surface area is 64.0 Å². The van der Waals surface area contributed by atoms with Crippen LogP contribution >= 0.6 is 0 Å². The second kappa shape index (κ2) is 4.35. The van der Waals surface area contributed by atoms with Crippen molar-refractivity contribution in [3.8, 4) is 12.3 Å². The van der Waals surface area contributed by atoms with Crippen molar-refractivity contribution >= 4 is 0 Å². The molecule has 1 unspecified atom stereocenters. The van der Waals surface area contributed by atoms with Gasteiger partial charge in [0, 0.05) is 0 Å². The average molecular weight is 139 g/mol. The molecule has 0 radical (unpaired) electrons. The fourth-order valence-electron chi connectivity index (χ4n) is 1.05. The number of terminal acetylenes is 1. The molecule has 0 aromatic carbocycles. The molecule has 0 aromatic heterocycles. The highest BCUT2D eigenvalue weighted by molar-refractivity contribution is 4.99. The maximum Gasteiger partial charge on any atom is 0.0687 e. The zero-order valence-electron chi connectivity index (χ0n) is 7.09. The van der Waals surface area contributed by atoms with Crippen LogP contribution in [-0.2, 0) is 0 Å². The van der Waals surface area contributed by atoms with Gasteiger partial charge in [0.25, 0.3) is 0 Å². The van der Waals surface area contributed by atoms with E-state index >= 15 is 0 Å². The second-order valence-corrected chi connectivity index (χ2v) is 3.30. The summed E-state index contributed by atoms with van der Waals surface area (Å²) in [7, 11) is 0. The number of hydrogen-bond donors (Lipinski definition) is 1. The van der Waals surface area contributed by atoms with Gasteiger partial charge in [0.05, 0.1) is 6.04 Å². The van der Waals surface area contributed by atoms with Crippen LogP contribution in [0, 0.1) is 24.2 Å². The monoisotopic (exact) mass is 139 g/mol. The molecule has 0 aliphatic rings. The first kappa shape index (κ1) is 9.52. The van der Waals surface area contributed by atoms with Crippen LogP contribution in [-0.4, -0.2) is 6.04 Å². The molecule has 58 valence electrons. The van der Waals surface area contributed by atoms with E-state index in [1.165, 1.54) is 0 Å². The molecule has 2 atom stereocenters. The Morgan fingerprint density at radius 2 is 1.90 bits per heavy atom. The van der Waals surface area contributed by atoms with E-state index in [0.717, 1.165) is 6.42 Å². The van der Waals surface area contributed by atoms with Gasteiger partial charge in [-0.25, -0.2) is 0 Å². The van der Waals surface area contributed by atoms with Crippen LogP contribution in [0.1, 0.15) is 27.2 Å². The molecule has 0 heterocycles. The minimum atomic E-state index is -0.0672. The molecule has 0 aliphatic heterocycles. The molecular weight excluding hydrogens is 122 g/mol. The minimum absolute atomic E-state index is 0.0672. The lowest BCUT2D eigenvalue weighted by atomic mass is 9.93. The van der Waals surface area contributed by atoms with E-state index in [-0.39, 0.29) is 6.04 Å². The highest BCUT2D eigenvalue weighted by Crippen LogP contribution is 2.12. The molecule has 0 saturated heterocycles. The highest BCUT2D eigenvalue weighted by atomic mass is 14.6. The third-order valence-electron chi connectivity index (χ3n) is 1.65. The predicted molar refractivity (Wildman–Crippen MR) is 45.4 cm³/mol. The van der Waals surface area contributed by atoms with Crippen molar-refractivity contribution in [3.05, 3.63) is 0 Å². The summed E-state index contributed by atoms with van der Waals surface area (Å²) >= 11 is 0. The molecule has 0 saturated carbocycles. The summed E-state index contributed by atoms with van der Waals surface area (Å²) < 4.78 is 0. The van der Waals surface area contributed by atoms with Gasteiger partial charge in [-0.15, -0.1) is 6.42 Å². The van der Waals surface area contributed by atoms with E-state index in [1.807, 2.05) is 0 Å². The summed E-state index contributed by atoms with van der Waals surface area (Å²) in [6.45, 7) is 6.46. The van der Waals surface area contributed by atoms with Crippen molar-refractivity contribution in [1.29, 1.82) is 0 Å². The van der Waals surface area contributed by atoms with Crippen LogP contribution in [0.2, 0.25) is 0 Å². The lowest BCUT2D eigenvalue weighted by Gasteiger charge is -2.16. The smallest absolute Gasteiger partial charge is 0.0687 e. The van der Waals surface area contributed by atoms with Crippen LogP contribution in [0.25, 0.3) is 0 Å². The molecule has 0 aliphatic carbocycles. The zero-order valence-corrected chi connectivity index (χ0v) is 7.09. The van der Waals surface area contributed by atoms with Crippen LogP contribution in [0.4, 0.5) is 0 Å². The largest absolute Gasteiger partial charge is 0.317 e. The molecule has 2 N–H and O–H groups in total. The SMILES string of the molecule is C#C[C@H](N)C(C)CC(C)C. The van der Waals surface area contributed by atoms with E-state index < -0.39 is 0 Å². The summed E-state index contributed by atoms with van der Waals surface area (Å²) in [6.07, 6.45) is 6.29. The third kappa shape index (κ3) is 3.53. The Morgan fingerprint density at radius 3 is 2.20 bits per heavy atom. The van der Waals surface area contributed by atoms with E-state index in [9.17, 15) is 0 Å². The van der Waals surface area contributed by atoms with E-state index in [4.69, 9.17) is 12.2 Å². The fourth-order valence-corrected chi connectivity index (χ4v) is 1.05. The summed E-state index contributed by atoms with van der Waals surface area (Å²) in [6, 6.07) is -0.0672. The maximum absolute atomic E-state index is 5.63. The van der Waals surface area contributed by atoms with E-state index in [0.29, 0.717) is 11.8 Å². The molecule has 0 bridgehead atoms. The second-order valence-electron chi connectivity index (χ2n) is 3.30. The number of nitrogens with two attached hydrogens (primary N) is 1. The Balaban J connectivity index is 3.64. The van der Waals surface area contributed by atoms with E-state index in [2.05, 4.69) is 26.7 Å². The molecule has 0 rings (SSSR count). The van der Waals surface area contributed by atoms with Gasteiger partial charge < -0.3 is 5.73 Å². The molecule has 0 aromatic rings. The fraction of sp³-hybridized carbons (Fsp3) is 0.778. The number of hydrogen-bond acceptors (Lipinski definition) is 1. The van der Waals surface area contributed by atoms with Crippen molar-refractivity contribution in [2.45, 2.75) is 33.2 Å². The lowest BCUT2D eigenvalue weighted by molar-refractivity contribution is 0.413. The van der Waals surface area contributed by atoms with Gasteiger partial charge in [-0.3, -0.25) is 0 Å². The third-order valence-corrected chi connectivity index (χ3v) is 1.65. The maximum atomic E-state index is 5.63. The van der Waals surface area contributed by atoms with Gasteiger partial charge in [-0.2, -0.15) is 0 Å². The lowest BCUT2D eigenvalue weighted by Crippen LogP contribution is -2.27. The minimum Gasteiger partial charge on any atom is -0.317 e. The summed E-state index contributed by atoms with van der Waals surface area (Å²) in [5.41, 5.74) is 5.63. The van der Waals surface area contributed by atoms with Crippen LogP contribution < -0.4 is 5.73 Å². The predicted octanol–water partition coefficient (Wildman–Crippen LogP) is 1.63. The normalized spacial score (nSPS) is 16.4. The summed E-state index contributed by atoms with van der Waals surface area (Å²) in [5, 5.41) is 0. The zero-order chi connectivity index (χ0) is 8.15. The Bertz CT molecular complexity index is 121. The highest BCUT2D eigenvalue weighted by Gasteiger charge is 2.10. The first-order valence-corrected chi connectivity index (χ1v) is 3.79. The van der Waals surface area contributed by atoms with Crippen molar-refractivity contribution in [3.63, 3.8) is 0 Å². The van der Waals surface area contributed by atoms with Crippen LogP contribution in [0.5, 0.6) is 0 Å². The standard InChI is InChI=1S/C9H17N/c1-5-9(10)8(4)6-7(2)3/h1,7-9H,6,10H2,2-4H3/t8?,9-/m0/s1. The quantitative estimate of drug-likeness (QED) is 0.591. The molecule has 0 amide bonds. The van der Waals surface area contributed by atoms with Crippen molar-refractivity contribution in [1.82, 2.24) is 0 Å². The topological polar surface area (TPSA) is 26.0 Å². The van der Waals surface area contributed by atoms with Crippen LogP contribution in [0.3, 0.4) is 0 Å². The average Bonchev–Trinajstić information content (AvgIpc) is 1.85. The van der Waals surface area contributed by atoms with Gasteiger partial charge in [0.15, 0.2) is 0 Å². The summed E-state index contributed by atoms with van der Waals surface area (Å²) in [4.78, 5) is 0. The van der Waals surface area contributed by atoms with Gasteiger partial charge in [-0.1, -0.05) is 26.7 Å². The molecule has 1 nitrogen and oxygen atoms in total. The van der Waals surface area contributed by atoms with E-state index in [1.54, 1.807) is 0 Å². The molecule has 10 heavy (non-hydrogen) atoms. The van der Waals surface area contributed by atoms with Crippen molar-refractivity contribution < 1.29 is 0 Å². The Hall–Kier alpha value is -0.480. The van der Waals surface area contributed by atoms with Gasteiger partial charge >= 0.3 is 0 Å². The van der Waals surface area contributed by atoms with Gasteiger partial charge in [0.2, 0.25) is 0 Å². The van der Waals surface area contributed by atoms with Crippen LogP contribution in [0.15, 0.2) is 0 Å². The Kier molecular flexibility index (Phi) is 4.14. The Morgan fingerprint density at radius 1 is 1.40 bits per heavy atom. The molecule has 1 heteroatoms. The summed E-state index contributed by atoms with van der Waals surface area (Å²) in [5.74, 6) is 3.69. The van der Waals surface area contributed by atoms with Crippen molar-refractivity contribution in [2.75, 3.05) is 0 Å². The van der Waals surface area contributed by atoms with Crippen molar-refractivity contribution in [2.24, 2.45) is 17.6 Å². The first-order chi connectivity index (χ1) is 4.57. The van der Waals surface area contributed by atoms with Gasteiger partial charge in [0.1, 0.15) is 0 Å².